The van der Waals surface area contributed by atoms with Crippen LogP contribution in [0.4, 0.5) is 4.39 Å². The second-order valence-electron chi connectivity index (χ2n) is 6.35. The van der Waals surface area contributed by atoms with E-state index in [0.29, 0.717) is 32.5 Å². The summed E-state index contributed by atoms with van der Waals surface area (Å²) < 4.78 is 12.9. The second-order valence-corrected chi connectivity index (χ2v) is 6.35. The molecule has 1 aromatic rings. The van der Waals surface area contributed by atoms with Gasteiger partial charge in [0.15, 0.2) is 0 Å². The minimum Gasteiger partial charge on any atom is -0.342 e. The molecule has 0 unspecified atom stereocenters. The Labute approximate surface area is 149 Å². The van der Waals surface area contributed by atoms with Crippen LogP contribution in [0.5, 0.6) is 0 Å². The third kappa shape index (κ3) is 5.81. The van der Waals surface area contributed by atoms with E-state index in [9.17, 15) is 14.0 Å². The molecule has 0 spiro atoms. The van der Waals surface area contributed by atoms with Crippen LogP contribution >= 0.6 is 0 Å². The zero-order chi connectivity index (χ0) is 18.2. The van der Waals surface area contributed by atoms with Crippen LogP contribution in [0, 0.1) is 5.82 Å². The molecule has 1 aliphatic rings. The first kappa shape index (κ1) is 19.4. The summed E-state index contributed by atoms with van der Waals surface area (Å²) in [6, 6.07) is 6.29. The first-order valence-corrected chi connectivity index (χ1v) is 9.05. The Kier molecular flexibility index (Phi) is 7.37. The molecule has 1 aromatic carbocycles. The monoisotopic (exact) mass is 349 g/mol. The molecule has 0 aliphatic carbocycles. The standard InChI is InChI=1S/C19H28FN3O2/c1-3-22(4-2)19(25)15-21-11-13-23(14-12-21)18(24)10-7-16-5-8-17(20)9-6-16/h5-6,8-9H,3-4,7,10-15H2,1-2H3. The molecule has 1 aliphatic heterocycles. The zero-order valence-electron chi connectivity index (χ0n) is 15.2. The molecule has 138 valence electrons. The molecular weight excluding hydrogens is 321 g/mol. The van der Waals surface area contributed by atoms with Crippen LogP contribution in [-0.2, 0) is 16.0 Å². The quantitative estimate of drug-likeness (QED) is 0.754. The minimum atomic E-state index is -0.259. The maximum atomic E-state index is 12.9. The molecule has 5 nitrogen and oxygen atoms in total. The summed E-state index contributed by atoms with van der Waals surface area (Å²) in [6.07, 6.45) is 1.06. The van der Waals surface area contributed by atoms with Crippen molar-refractivity contribution in [2.45, 2.75) is 26.7 Å². The number of piperazine rings is 1. The van der Waals surface area contributed by atoms with Gasteiger partial charge in [0.1, 0.15) is 5.82 Å². The molecule has 0 saturated carbocycles. The van der Waals surface area contributed by atoms with Gasteiger partial charge in [-0.25, -0.2) is 4.39 Å². The molecular formula is C19H28FN3O2. The zero-order valence-corrected chi connectivity index (χ0v) is 15.2. The number of likely N-dealkylation sites (N-methyl/N-ethyl adjacent to an activating group) is 1. The maximum absolute atomic E-state index is 12.9. The molecule has 1 fully saturated rings. The van der Waals surface area contributed by atoms with Crippen LogP contribution in [0.25, 0.3) is 0 Å². The molecule has 0 radical (unpaired) electrons. The number of aryl methyl sites for hydroxylation is 1. The van der Waals surface area contributed by atoms with Crippen molar-refractivity contribution in [3.8, 4) is 0 Å². The number of hydrogen-bond acceptors (Lipinski definition) is 3. The summed E-state index contributed by atoms with van der Waals surface area (Å²) >= 11 is 0. The highest BCUT2D eigenvalue weighted by Gasteiger charge is 2.23. The molecule has 0 bridgehead atoms. The van der Waals surface area contributed by atoms with Crippen LogP contribution in [0.3, 0.4) is 0 Å². The predicted octanol–water partition coefficient (Wildman–Crippen LogP) is 1.77. The summed E-state index contributed by atoms with van der Waals surface area (Å²) in [4.78, 5) is 30.3. The van der Waals surface area contributed by atoms with Crippen LogP contribution in [0.15, 0.2) is 24.3 Å². The highest BCUT2D eigenvalue weighted by Crippen LogP contribution is 2.09. The molecule has 1 heterocycles. The summed E-state index contributed by atoms with van der Waals surface area (Å²) in [5.41, 5.74) is 0.971. The van der Waals surface area contributed by atoms with Gasteiger partial charge in [-0.05, 0) is 38.0 Å². The van der Waals surface area contributed by atoms with Gasteiger partial charge in [0.25, 0.3) is 0 Å². The third-order valence-corrected chi connectivity index (χ3v) is 4.74. The largest absolute Gasteiger partial charge is 0.342 e. The first-order chi connectivity index (χ1) is 12.0. The summed E-state index contributed by atoms with van der Waals surface area (Å²) in [7, 11) is 0. The van der Waals surface area contributed by atoms with E-state index < -0.39 is 0 Å². The van der Waals surface area contributed by atoms with Gasteiger partial charge in [0.05, 0.1) is 6.54 Å². The predicted molar refractivity (Wildman–Crippen MR) is 95.7 cm³/mol. The van der Waals surface area contributed by atoms with Gasteiger partial charge in [0.2, 0.25) is 11.8 Å². The van der Waals surface area contributed by atoms with Gasteiger partial charge in [-0.2, -0.15) is 0 Å². The SMILES string of the molecule is CCN(CC)C(=O)CN1CCN(C(=O)CCc2ccc(F)cc2)CC1. The van der Waals surface area contributed by atoms with Crippen molar-refractivity contribution in [3.63, 3.8) is 0 Å². The van der Waals surface area contributed by atoms with Crippen molar-refractivity contribution in [3.05, 3.63) is 35.6 Å². The van der Waals surface area contributed by atoms with Crippen LogP contribution < -0.4 is 0 Å². The number of carbonyl (C=O) groups excluding carboxylic acids is 2. The number of rotatable bonds is 7. The van der Waals surface area contributed by atoms with E-state index in [1.165, 1.54) is 12.1 Å². The fraction of sp³-hybridized carbons (Fsp3) is 0.579. The van der Waals surface area contributed by atoms with Gasteiger partial charge < -0.3 is 9.80 Å². The Hall–Kier alpha value is -1.95. The molecule has 6 heteroatoms. The average Bonchev–Trinajstić information content (AvgIpc) is 2.62. The lowest BCUT2D eigenvalue weighted by Crippen LogP contribution is -2.51. The number of amides is 2. The van der Waals surface area contributed by atoms with Crippen molar-refractivity contribution in [2.24, 2.45) is 0 Å². The van der Waals surface area contributed by atoms with Crippen molar-refractivity contribution < 1.29 is 14.0 Å². The van der Waals surface area contributed by atoms with E-state index in [4.69, 9.17) is 0 Å². The highest BCUT2D eigenvalue weighted by atomic mass is 19.1. The van der Waals surface area contributed by atoms with E-state index in [1.807, 2.05) is 23.6 Å². The molecule has 0 atom stereocenters. The number of carbonyl (C=O) groups is 2. The summed E-state index contributed by atoms with van der Waals surface area (Å²) in [6.45, 7) is 8.65. The number of benzene rings is 1. The fourth-order valence-electron chi connectivity index (χ4n) is 3.08. The van der Waals surface area contributed by atoms with Gasteiger partial charge in [-0.1, -0.05) is 12.1 Å². The van der Waals surface area contributed by atoms with E-state index in [-0.39, 0.29) is 17.6 Å². The lowest BCUT2D eigenvalue weighted by atomic mass is 10.1. The molecule has 2 rings (SSSR count). The Morgan fingerprint density at radius 3 is 2.20 bits per heavy atom. The molecule has 2 amide bonds. The fourth-order valence-corrected chi connectivity index (χ4v) is 3.08. The minimum absolute atomic E-state index is 0.124. The van der Waals surface area contributed by atoms with Crippen LogP contribution in [0.1, 0.15) is 25.8 Å². The lowest BCUT2D eigenvalue weighted by Gasteiger charge is -2.35. The number of nitrogens with zero attached hydrogens (tertiary/aromatic N) is 3. The molecule has 0 N–H and O–H groups in total. The van der Waals surface area contributed by atoms with E-state index >= 15 is 0 Å². The smallest absolute Gasteiger partial charge is 0.236 e. The normalized spacial score (nSPS) is 15.2. The Morgan fingerprint density at radius 2 is 1.64 bits per heavy atom. The number of halogens is 1. The summed E-state index contributed by atoms with van der Waals surface area (Å²) in [5.74, 6) is 0.0191. The average molecular weight is 349 g/mol. The Balaban J connectivity index is 1.72. The second kappa shape index (κ2) is 9.51. The maximum Gasteiger partial charge on any atom is 0.236 e. The third-order valence-electron chi connectivity index (χ3n) is 4.74. The van der Waals surface area contributed by atoms with Gasteiger partial charge in [-0.15, -0.1) is 0 Å². The topological polar surface area (TPSA) is 43.9 Å². The lowest BCUT2D eigenvalue weighted by molar-refractivity contribution is -0.135. The van der Waals surface area contributed by atoms with E-state index in [0.717, 1.165) is 31.7 Å². The summed E-state index contributed by atoms with van der Waals surface area (Å²) in [5, 5.41) is 0. The van der Waals surface area contributed by atoms with E-state index in [1.54, 1.807) is 12.1 Å². The van der Waals surface area contributed by atoms with E-state index in [2.05, 4.69) is 4.90 Å². The highest BCUT2D eigenvalue weighted by molar-refractivity contribution is 5.78. The Bertz CT molecular complexity index is 565. The van der Waals surface area contributed by atoms with Crippen LogP contribution in [-0.4, -0.2) is 72.3 Å². The first-order valence-electron chi connectivity index (χ1n) is 9.05. The van der Waals surface area contributed by atoms with Gasteiger partial charge >= 0.3 is 0 Å². The molecule has 0 aromatic heterocycles. The van der Waals surface area contributed by atoms with Crippen molar-refractivity contribution in [2.75, 3.05) is 45.8 Å². The van der Waals surface area contributed by atoms with Crippen molar-refractivity contribution in [1.82, 2.24) is 14.7 Å². The van der Waals surface area contributed by atoms with Gasteiger partial charge in [0, 0.05) is 45.7 Å². The van der Waals surface area contributed by atoms with Gasteiger partial charge in [-0.3, -0.25) is 14.5 Å². The number of hydrogen-bond donors (Lipinski definition) is 0. The Morgan fingerprint density at radius 1 is 1.04 bits per heavy atom. The molecule has 25 heavy (non-hydrogen) atoms. The van der Waals surface area contributed by atoms with Crippen molar-refractivity contribution in [1.29, 1.82) is 0 Å². The van der Waals surface area contributed by atoms with Crippen molar-refractivity contribution >= 4 is 11.8 Å². The molecule has 1 saturated heterocycles. The van der Waals surface area contributed by atoms with Crippen LogP contribution in [0.2, 0.25) is 0 Å².